The van der Waals surface area contributed by atoms with Crippen LogP contribution in [0.25, 0.3) is 10.9 Å². The molecule has 1 heterocycles. The van der Waals surface area contributed by atoms with E-state index in [1.807, 2.05) is 48.5 Å². The van der Waals surface area contributed by atoms with Crippen LogP contribution in [0.1, 0.15) is 29.7 Å². The summed E-state index contributed by atoms with van der Waals surface area (Å²) in [7, 11) is 0. The summed E-state index contributed by atoms with van der Waals surface area (Å²) >= 11 is 0. The molecule has 0 bridgehead atoms. The van der Waals surface area contributed by atoms with Crippen LogP contribution in [0.4, 0.5) is 0 Å². The standard InChI is InChI=1S/C18H17NO/c1-2-13-7-3-4-10-15(13)18(20)16-11-5-8-14-9-6-12-19-17(14)16/h3-12,18,20H,2H2,1H3. The highest BCUT2D eigenvalue weighted by atomic mass is 16.3. The SMILES string of the molecule is CCc1ccccc1C(O)c1cccc2cccnc12. The van der Waals surface area contributed by atoms with Gasteiger partial charge in [0.2, 0.25) is 0 Å². The number of hydrogen-bond donors (Lipinski definition) is 1. The van der Waals surface area contributed by atoms with Crippen LogP contribution in [0.15, 0.2) is 60.8 Å². The van der Waals surface area contributed by atoms with Crippen molar-refractivity contribution >= 4 is 10.9 Å². The molecule has 0 aliphatic rings. The van der Waals surface area contributed by atoms with Crippen LogP contribution in [-0.2, 0) is 6.42 Å². The molecule has 1 atom stereocenters. The number of rotatable bonds is 3. The highest BCUT2D eigenvalue weighted by Gasteiger charge is 2.16. The van der Waals surface area contributed by atoms with Crippen LogP contribution in [0.5, 0.6) is 0 Å². The van der Waals surface area contributed by atoms with Crippen molar-refractivity contribution in [2.75, 3.05) is 0 Å². The fourth-order valence-electron chi connectivity index (χ4n) is 2.64. The van der Waals surface area contributed by atoms with Gasteiger partial charge in [0, 0.05) is 17.1 Å². The lowest BCUT2D eigenvalue weighted by Crippen LogP contribution is -2.04. The maximum absolute atomic E-state index is 10.8. The summed E-state index contributed by atoms with van der Waals surface area (Å²) in [4.78, 5) is 4.42. The average molecular weight is 263 g/mol. The second-order valence-corrected chi connectivity index (χ2v) is 4.88. The molecule has 0 amide bonds. The topological polar surface area (TPSA) is 33.1 Å². The van der Waals surface area contributed by atoms with Gasteiger partial charge in [0.25, 0.3) is 0 Å². The van der Waals surface area contributed by atoms with Crippen molar-refractivity contribution in [3.05, 3.63) is 77.5 Å². The largest absolute Gasteiger partial charge is 0.384 e. The van der Waals surface area contributed by atoms with E-state index in [2.05, 4.69) is 18.0 Å². The lowest BCUT2D eigenvalue weighted by Gasteiger charge is -2.16. The van der Waals surface area contributed by atoms with E-state index in [-0.39, 0.29) is 0 Å². The number of fused-ring (bicyclic) bond motifs is 1. The molecular weight excluding hydrogens is 246 g/mol. The molecule has 100 valence electrons. The summed E-state index contributed by atoms with van der Waals surface area (Å²) in [6, 6.07) is 17.9. The Morgan fingerprint density at radius 3 is 2.55 bits per heavy atom. The molecule has 0 saturated heterocycles. The van der Waals surface area contributed by atoms with Crippen molar-refractivity contribution in [1.29, 1.82) is 0 Å². The molecular formula is C18H17NO. The Morgan fingerprint density at radius 2 is 1.70 bits per heavy atom. The minimum Gasteiger partial charge on any atom is -0.384 e. The van der Waals surface area contributed by atoms with Crippen LogP contribution < -0.4 is 0 Å². The van der Waals surface area contributed by atoms with Crippen molar-refractivity contribution in [1.82, 2.24) is 4.98 Å². The number of nitrogens with zero attached hydrogens (tertiary/aromatic N) is 1. The first-order valence-electron chi connectivity index (χ1n) is 6.90. The number of hydrogen-bond acceptors (Lipinski definition) is 2. The van der Waals surface area contributed by atoms with Crippen molar-refractivity contribution in [2.24, 2.45) is 0 Å². The number of aliphatic hydroxyl groups excluding tert-OH is 1. The summed E-state index contributed by atoms with van der Waals surface area (Å²) < 4.78 is 0. The van der Waals surface area contributed by atoms with E-state index in [4.69, 9.17) is 0 Å². The summed E-state index contributed by atoms with van der Waals surface area (Å²) in [5, 5.41) is 11.8. The third-order valence-corrected chi connectivity index (χ3v) is 3.69. The van der Waals surface area contributed by atoms with Crippen LogP contribution in [-0.4, -0.2) is 10.1 Å². The van der Waals surface area contributed by atoms with Crippen LogP contribution >= 0.6 is 0 Å². The lowest BCUT2D eigenvalue weighted by atomic mass is 9.94. The Kier molecular flexibility index (Phi) is 3.48. The zero-order valence-corrected chi connectivity index (χ0v) is 11.5. The third kappa shape index (κ3) is 2.19. The minimum absolute atomic E-state index is 0.634. The number of aromatic nitrogens is 1. The first kappa shape index (κ1) is 12.8. The molecule has 2 aromatic carbocycles. The smallest absolute Gasteiger partial charge is 0.106 e. The van der Waals surface area contributed by atoms with Crippen molar-refractivity contribution < 1.29 is 5.11 Å². The summed E-state index contributed by atoms with van der Waals surface area (Å²) in [6.45, 7) is 2.10. The van der Waals surface area contributed by atoms with E-state index in [0.717, 1.165) is 28.5 Å². The van der Waals surface area contributed by atoms with E-state index in [1.165, 1.54) is 5.56 Å². The molecule has 2 heteroatoms. The van der Waals surface area contributed by atoms with Gasteiger partial charge < -0.3 is 5.11 Å². The zero-order valence-electron chi connectivity index (χ0n) is 11.5. The zero-order chi connectivity index (χ0) is 13.9. The maximum Gasteiger partial charge on any atom is 0.106 e. The molecule has 0 aliphatic heterocycles. The molecule has 1 N–H and O–H groups in total. The van der Waals surface area contributed by atoms with Crippen molar-refractivity contribution in [3.63, 3.8) is 0 Å². The van der Waals surface area contributed by atoms with Gasteiger partial charge in [-0.15, -0.1) is 0 Å². The Balaban J connectivity index is 2.15. The fourth-order valence-corrected chi connectivity index (χ4v) is 2.64. The van der Waals surface area contributed by atoms with Gasteiger partial charge in [0.05, 0.1) is 5.52 Å². The van der Waals surface area contributed by atoms with E-state index in [0.29, 0.717) is 0 Å². The minimum atomic E-state index is -0.634. The molecule has 1 unspecified atom stereocenters. The number of para-hydroxylation sites is 1. The fraction of sp³-hybridized carbons (Fsp3) is 0.167. The van der Waals surface area contributed by atoms with E-state index < -0.39 is 6.10 Å². The Morgan fingerprint density at radius 1 is 0.950 bits per heavy atom. The van der Waals surface area contributed by atoms with E-state index in [9.17, 15) is 5.11 Å². The van der Waals surface area contributed by atoms with Crippen LogP contribution in [0.3, 0.4) is 0 Å². The van der Waals surface area contributed by atoms with Gasteiger partial charge in [-0.1, -0.05) is 55.5 Å². The molecule has 1 aromatic heterocycles. The summed E-state index contributed by atoms with van der Waals surface area (Å²) in [6.07, 6.45) is 2.04. The van der Waals surface area contributed by atoms with Gasteiger partial charge in [0.15, 0.2) is 0 Å². The van der Waals surface area contributed by atoms with E-state index >= 15 is 0 Å². The summed E-state index contributed by atoms with van der Waals surface area (Å²) in [5.74, 6) is 0. The van der Waals surface area contributed by atoms with Crippen molar-refractivity contribution in [2.45, 2.75) is 19.4 Å². The molecule has 3 rings (SSSR count). The molecule has 0 saturated carbocycles. The lowest BCUT2D eigenvalue weighted by molar-refractivity contribution is 0.220. The predicted molar refractivity (Wildman–Crippen MR) is 81.6 cm³/mol. The molecule has 0 radical (unpaired) electrons. The average Bonchev–Trinajstić information content (AvgIpc) is 2.53. The molecule has 0 fully saturated rings. The Bertz CT molecular complexity index is 731. The second kappa shape index (κ2) is 5.43. The summed E-state index contributed by atoms with van der Waals surface area (Å²) in [5.41, 5.74) is 3.87. The normalized spacial score (nSPS) is 12.5. The van der Waals surface area contributed by atoms with Crippen LogP contribution in [0.2, 0.25) is 0 Å². The molecule has 3 aromatic rings. The Labute approximate surface area is 118 Å². The highest BCUT2D eigenvalue weighted by Crippen LogP contribution is 2.29. The van der Waals surface area contributed by atoms with Crippen molar-refractivity contribution in [3.8, 4) is 0 Å². The molecule has 0 aliphatic carbocycles. The number of pyridine rings is 1. The second-order valence-electron chi connectivity index (χ2n) is 4.88. The molecule has 20 heavy (non-hydrogen) atoms. The quantitative estimate of drug-likeness (QED) is 0.778. The van der Waals surface area contributed by atoms with Gasteiger partial charge in [-0.2, -0.15) is 0 Å². The monoisotopic (exact) mass is 263 g/mol. The number of aryl methyl sites for hydroxylation is 1. The van der Waals surface area contributed by atoms with Gasteiger partial charge in [-0.05, 0) is 23.6 Å². The predicted octanol–water partition coefficient (Wildman–Crippen LogP) is 3.88. The number of benzene rings is 2. The van der Waals surface area contributed by atoms with E-state index in [1.54, 1.807) is 6.20 Å². The molecule has 0 spiro atoms. The highest BCUT2D eigenvalue weighted by molar-refractivity contribution is 5.82. The third-order valence-electron chi connectivity index (χ3n) is 3.69. The first-order valence-corrected chi connectivity index (χ1v) is 6.90. The van der Waals surface area contributed by atoms with Gasteiger partial charge in [-0.25, -0.2) is 0 Å². The number of aliphatic hydroxyl groups is 1. The first-order chi connectivity index (χ1) is 9.81. The van der Waals surface area contributed by atoms with Gasteiger partial charge >= 0.3 is 0 Å². The Hall–Kier alpha value is -2.19. The maximum atomic E-state index is 10.8. The van der Waals surface area contributed by atoms with Gasteiger partial charge in [0.1, 0.15) is 6.10 Å². The molecule has 2 nitrogen and oxygen atoms in total. The van der Waals surface area contributed by atoms with Crippen LogP contribution in [0, 0.1) is 0 Å². The van der Waals surface area contributed by atoms with Gasteiger partial charge in [-0.3, -0.25) is 4.98 Å².